The molecule has 0 aromatic heterocycles. The van der Waals surface area contributed by atoms with Crippen molar-refractivity contribution < 1.29 is 9.59 Å². The van der Waals surface area contributed by atoms with Crippen LogP contribution in [0.1, 0.15) is 24.8 Å². The molecule has 1 aliphatic carbocycles. The third kappa shape index (κ3) is 2.48. The maximum atomic E-state index is 12.6. The fourth-order valence-corrected chi connectivity index (χ4v) is 2.65. The molecule has 1 aliphatic rings. The summed E-state index contributed by atoms with van der Waals surface area (Å²) >= 11 is 0. The summed E-state index contributed by atoms with van der Waals surface area (Å²) in [7, 11) is 3.28. The Balaban J connectivity index is 2.18. The van der Waals surface area contributed by atoms with Crippen LogP contribution in [0.2, 0.25) is 0 Å². The van der Waals surface area contributed by atoms with Gasteiger partial charge in [-0.15, -0.1) is 0 Å². The first-order valence-electron chi connectivity index (χ1n) is 6.62. The largest absolute Gasteiger partial charge is 0.358 e. The highest BCUT2D eigenvalue weighted by Crippen LogP contribution is 2.44. The minimum atomic E-state index is -0.413. The van der Waals surface area contributed by atoms with Gasteiger partial charge in [0, 0.05) is 14.1 Å². The van der Waals surface area contributed by atoms with Gasteiger partial charge in [-0.2, -0.15) is 0 Å². The van der Waals surface area contributed by atoms with Crippen LogP contribution in [0.25, 0.3) is 0 Å². The molecule has 1 aromatic rings. The summed E-state index contributed by atoms with van der Waals surface area (Å²) in [6.07, 6.45) is 2.80. The number of hydrogen-bond donors (Lipinski definition) is 1. The SMILES string of the molecule is CNC(=O)CN(C)C(=O)C1(c2ccccc2)CCC1. The van der Waals surface area contributed by atoms with E-state index in [0.29, 0.717) is 0 Å². The van der Waals surface area contributed by atoms with E-state index >= 15 is 0 Å². The van der Waals surface area contributed by atoms with Crippen molar-refractivity contribution in [2.45, 2.75) is 24.7 Å². The van der Waals surface area contributed by atoms with Crippen LogP contribution in [0.15, 0.2) is 30.3 Å². The first-order valence-corrected chi connectivity index (χ1v) is 6.62. The van der Waals surface area contributed by atoms with Crippen LogP contribution < -0.4 is 5.32 Å². The van der Waals surface area contributed by atoms with Crippen molar-refractivity contribution in [3.8, 4) is 0 Å². The van der Waals surface area contributed by atoms with E-state index in [1.165, 1.54) is 4.90 Å². The van der Waals surface area contributed by atoms with E-state index in [1.807, 2.05) is 30.3 Å². The molecule has 19 heavy (non-hydrogen) atoms. The molecule has 2 amide bonds. The normalized spacial score (nSPS) is 16.3. The van der Waals surface area contributed by atoms with Crippen molar-refractivity contribution in [3.05, 3.63) is 35.9 Å². The van der Waals surface area contributed by atoms with Crippen LogP contribution >= 0.6 is 0 Å². The lowest BCUT2D eigenvalue weighted by molar-refractivity contribution is -0.142. The lowest BCUT2D eigenvalue weighted by atomic mass is 9.63. The summed E-state index contributed by atoms with van der Waals surface area (Å²) in [6, 6.07) is 9.88. The number of likely N-dealkylation sites (N-methyl/N-ethyl adjacent to an activating group) is 2. The van der Waals surface area contributed by atoms with E-state index in [4.69, 9.17) is 0 Å². The topological polar surface area (TPSA) is 49.4 Å². The average Bonchev–Trinajstić information content (AvgIpc) is 2.38. The van der Waals surface area contributed by atoms with E-state index in [-0.39, 0.29) is 18.4 Å². The minimum Gasteiger partial charge on any atom is -0.358 e. The number of carbonyl (C=O) groups excluding carboxylic acids is 2. The van der Waals surface area contributed by atoms with Gasteiger partial charge in [0.25, 0.3) is 0 Å². The number of nitrogens with one attached hydrogen (secondary N) is 1. The van der Waals surface area contributed by atoms with Crippen molar-refractivity contribution in [2.24, 2.45) is 0 Å². The second-order valence-corrected chi connectivity index (χ2v) is 5.14. The zero-order chi connectivity index (χ0) is 13.9. The van der Waals surface area contributed by atoms with Crippen molar-refractivity contribution >= 4 is 11.8 Å². The Labute approximate surface area is 113 Å². The molecular formula is C15H20N2O2. The average molecular weight is 260 g/mol. The molecule has 0 heterocycles. The first-order chi connectivity index (χ1) is 9.10. The lowest BCUT2D eigenvalue weighted by Crippen LogP contribution is -2.51. The van der Waals surface area contributed by atoms with Gasteiger partial charge in [-0.1, -0.05) is 36.8 Å². The molecule has 1 N–H and O–H groups in total. The minimum absolute atomic E-state index is 0.0496. The summed E-state index contributed by atoms with van der Waals surface area (Å²) in [6.45, 7) is 0.115. The number of nitrogens with zero attached hydrogens (tertiary/aromatic N) is 1. The zero-order valence-corrected chi connectivity index (χ0v) is 11.5. The number of hydrogen-bond acceptors (Lipinski definition) is 2. The van der Waals surface area contributed by atoms with Gasteiger partial charge in [0.1, 0.15) is 0 Å². The Morgan fingerprint density at radius 2 is 1.89 bits per heavy atom. The summed E-state index contributed by atoms with van der Waals surface area (Å²) in [4.78, 5) is 25.6. The van der Waals surface area contributed by atoms with Gasteiger partial charge in [-0.05, 0) is 18.4 Å². The number of carbonyl (C=O) groups is 2. The standard InChI is InChI=1S/C15H20N2O2/c1-16-13(18)11-17(2)14(19)15(9-6-10-15)12-7-4-3-5-8-12/h3-5,7-8H,6,9-11H2,1-2H3,(H,16,18). The van der Waals surface area contributed by atoms with Crippen molar-refractivity contribution in [2.75, 3.05) is 20.6 Å². The molecule has 1 saturated carbocycles. The van der Waals surface area contributed by atoms with Gasteiger partial charge in [-0.25, -0.2) is 0 Å². The lowest BCUT2D eigenvalue weighted by Gasteiger charge is -2.43. The molecule has 0 bridgehead atoms. The quantitative estimate of drug-likeness (QED) is 0.887. The summed E-state index contributed by atoms with van der Waals surface area (Å²) < 4.78 is 0. The Morgan fingerprint density at radius 1 is 1.26 bits per heavy atom. The number of rotatable bonds is 4. The van der Waals surface area contributed by atoms with E-state index in [2.05, 4.69) is 5.32 Å². The maximum Gasteiger partial charge on any atom is 0.239 e. The molecule has 0 aliphatic heterocycles. The van der Waals surface area contributed by atoms with Crippen LogP contribution in [0, 0.1) is 0 Å². The monoisotopic (exact) mass is 260 g/mol. The Bertz CT molecular complexity index is 466. The van der Waals surface area contributed by atoms with Crippen LogP contribution in [0.4, 0.5) is 0 Å². The highest BCUT2D eigenvalue weighted by Gasteiger charge is 2.46. The highest BCUT2D eigenvalue weighted by molar-refractivity contribution is 5.92. The van der Waals surface area contributed by atoms with Gasteiger partial charge < -0.3 is 10.2 Å². The molecule has 0 saturated heterocycles. The molecule has 1 fully saturated rings. The molecule has 0 unspecified atom stereocenters. The predicted octanol–water partition coefficient (Wildman–Crippen LogP) is 1.31. The molecule has 0 radical (unpaired) electrons. The van der Waals surface area contributed by atoms with Crippen LogP contribution in [-0.2, 0) is 15.0 Å². The molecule has 1 aromatic carbocycles. The van der Waals surface area contributed by atoms with Gasteiger partial charge in [0.2, 0.25) is 11.8 Å². The molecule has 102 valence electrons. The van der Waals surface area contributed by atoms with Crippen LogP contribution in [-0.4, -0.2) is 37.4 Å². The molecule has 4 nitrogen and oxygen atoms in total. The third-order valence-electron chi connectivity index (χ3n) is 3.95. The fraction of sp³-hybridized carbons (Fsp3) is 0.467. The summed E-state index contributed by atoms with van der Waals surface area (Å²) in [5.41, 5.74) is 0.652. The molecule has 4 heteroatoms. The first kappa shape index (κ1) is 13.6. The zero-order valence-electron chi connectivity index (χ0n) is 11.5. The number of amides is 2. The Kier molecular flexibility index (Phi) is 3.88. The van der Waals surface area contributed by atoms with Gasteiger partial charge in [-0.3, -0.25) is 9.59 Å². The molecule has 0 spiro atoms. The summed E-state index contributed by atoms with van der Waals surface area (Å²) in [5, 5.41) is 2.55. The highest BCUT2D eigenvalue weighted by atomic mass is 16.2. The van der Waals surface area contributed by atoms with E-state index in [9.17, 15) is 9.59 Å². The molecular weight excluding hydrogens is 240 g/mol. The molecule has 2 rings (SSSR count). The van der Waals surface area contributed by atoms with E-state index in [0.717, 1.165) is 24.8 Å². The van der Waals surface area contributed by atoms with Crippen LogP contribution in [0.3, 0.4) is 0 Å². The Hall–Kier alpha value is -1.84. The number of benzene rings is 1. The maximum absolute atomic E-state index is 12.6. The van der Waals surface area contributed by atoms with Gasteiger partial charge in [0.05, 0.1) is 12.0 Å². The predicted molar refractivity (Wildman–Crippen MR) is 73.7 cm³/mol. The van der Waals surface area contributed by atoms with Crippen molar-refractivity contribution in [3.63, 3.8) is 0 Å². The molecule has 0 atom stereocenters. The second kappa shape index (κ2) is 5.43. The second-order valence-electron chi connectivity index (χ2n) is 5.14. The van der Waals surface area contributed by atoms with Crippen molar-refractivity contribution in [1.29, 1.82) is 0 Å². The van der Waals surface area contributed by atoms with Crippen molar-refractivity contribution in [1.82, 2.24) is 10.2 Å². The van der Waals surface area contributed by atoms with E-state index in [1.54, 1.807) is 14.1 Å². The summed E-state index contributed by atoms with van der Waals surface area (Å²) in [5.74, 6) is -0.0908. The Morgan fingerprint density at radius 3 is 2.37 bits per heavy atom. The van der Waals surface area contributed by atoms with Gasteiger partial charge in [0.15, 0.2) is 0 Å². The van der Waals surface area contributed by atoms with E-state index < -0.39 is 5.41 Å². The van der Waals surface area contributed by atoms with Crippen LogP contribution in [0.5, 0.6) is 0 Å². The fourth-order valence-electron chi connectivity index (χ4n) is 2.65. The third-order valence-corrected chi connectivity index (χ3v) is 3.95. The smallest absolute Gasteiger partial charge is 0.239 e. The van der Waals surface area contributed by atoms with Gasteiger partial charge >= 0.3 is 0 Å².